The molecule has 0 saturated carbocycles. The van der Waals surface area contributed by atoms with Gasteiger partial charge in [0.05, 0.1) is 16.2 Å². The first kappa shape index (κ1) is 13.8. The van der Waals surface area contributed by atoms with Gasteiger partial charge in [-0.15, -0.1) is 0 Å². The summed E-state index contributed by atoms with van der Waals surface area (Å²) in [5.41, 5.74) is -0.935. The van der Waals surface area contributed by atoms with Crippen molar-refractivity contribution in [1.29, 1.82) is 0 Å². The van der Waals surface area contributed by atoms with E-state index >= 15 is 0 Å². The molecule has 0 aliphatic rings. The maximum Gasteiger partial charge on any atom is 0.223 e. The number of nitrogens with one attached hydrogen (secondary N) is 1. The van der Waals surface area contributed by atoms with Crippen molar-refractivity contribution in [3.05, 3.63) is 40.3 Å². The number of hydrogen-bond donors (Lipinski definition) is 1. The summed E-state index contributed by atoms with van der Waals surface area (Å²) in [6, 6.07) is 2.25. The highest BCUT2D eigenvalue weighted by Gasteiger charge is 2.20. The Morgan fingerprint density at radius 1 is 1.21 bits per heavy atom. The maximum absolute atomic E-state index is 13.9. The summed E-state index contributed by atoms with van der Waals surface area (Å²) in [5.74, 6) is -2.57. The Bertz CT molecular complexity index is 619. The van der Waals surface area contributed by atoms with Gasteiger partial charge >= 0.3 is 0 Å². The van der Waals surface area contributed by atoms with Crippen LogP contribution in [0.2, 0.25) is 0 Å². The standard InChI is InChI=1S/C12H9BrF3N3/c1-2-17-12-18-5-8(15)11(19-12)9-7(14)4-3-6(13)10(9)16/h3-5H,2H2,1H3,(H,17,18,19). The van der Waals surface area contributed by atoms with E-state index in [1.807, 2.05) is 0 Å². The molecule has 7 heteroatoms. The monoisotopic (exact) mass is 331 g/mol. The molecule has 1 aromatic carbocycles. The van der Waals surface area contributed by atoms with Crippen LogP contribution in [-0.4, -0.2) is 16.5 Å². The van der Waals surface area contributed by atoms with Crippen molar-refractivity contribution in [2.24, 2.45) is 0 Å². The average Bonchev–Trinajstić information content (AvgIpc) is 2.38. The van der Waals surface area contributed by atoms with Crippen molar-refractivity contribution in [3.8, 4) is 11.3 Å². The third-order valence-corrected chi connectivity index (χ3v) is 2.97. The average molecular weight is 332 g/mol. The van der Waals surface area contributed by atoms with Crippen LogP contribution in [0.15, 0.2) is 22.8 Å². The summed E-state index contributed by atoms with van der Waals surface area (Å²) < 4.78 is 41.3. The molecule has 0 radical (unpaired) electrons. The molecular weight excluding hydrogens is 323 g/mol. The highest BCUT2D eigenvalue weighted by atomic mass is 79.9. The van der Waals surface area contributed by atoms with Crippen LogP contribution in [0.25, 0.3) is 11.3 Å². The van der Waals surface area contributed by atoms with Crippen LogP contribution in [0.5, 0.6) is 0 Å². The van der Waals surface area contributed by atoms with Crippen LogP contribution < -0.4 is 5.32 Å². The Balaban J connectivity index is 2.64. The summed E-state index contributed by atoms with van der Waals surface area (Å²) >= 11 is 2.93. The molecule has 1 N–H and O–H groups in total. The molecule has 0 aliphatic carbocycles. The van der Waals surface area contributed by atoms with E-state index in [-0.39, 0.29) is 10.4 Å². The van der Waals surface area contributed by atoms with E-state index in [2.05, 4.69) is 31.2 Å². The van der Waals surface area contributed by atoms with Crippen LogP contribution in [0.3, 0.4) is 0 Å². The molecular formula is C12H9BrF3N3. The SMILES string of the molecule is CCNc1ncc(F)c(-c2c(F)ccc(Br)c2F)n1. The van der Waals surface area contributed by atoms with Gasteiger partial charge in [0.15, 0.2) is 5.82 Å². The predicted molar refractivity (Wildman–Crippen MR) is 69.2 cm³/mol. The number of hydrogen-bond acceptors (Lipinski definition) is 3. The van der Waals surface area contributed by atoms with Gasteiger partial charge in [-0.2, -0.15) is 0 Å². The van der Waals surface area contributed by atoms with Crippen molar-refractivity contribution in [2.45, 2.75) is 6.92 Å². The lowest BCUT2D eigenvalue weighted by atomic mass is 10.1. The molecule has 0 saturated heterocycles. The number of anilines is 1. The van der Waals surface area contributed by atoms with Crippen molar-refractivity contribution in [3.63, 3.8) is 0 Å². The van der Waals surface area contributed by atoms with Gasteiger partial charge in [0.2, 0.25) is 5.95 Å². The molecule has 0 aliphatic heterocycles. The lowest BCUT2D eigenvalue weighted by Gasteiger charge is -2.08. The molecule has 0 spiro atoms. The van der Waals surface area contributed by atoms with Crippen LogP contribution >= 0.6 is 15.9 Å². The molecule has 0 amide bonds. The number of benzene rings is 1. The predicted octanol–water partition coefficient (Wildman–Crippen LogP) is 3.76. The smallest absolute Gasteiger partial charge is 0.223 e. The minimum Gasteiger partial charge on any atom is -0.354 e. The second kappa shape index (κ2) is 5.56. The molecule has 0 atom stereocenters. The Labute approximate surface area is 116 Å². The summed E-state index contributed by atoms with van der Waals surface area (Å²) in [6.45, 7) is 2.31. The molecule has 1 aromatic heterocycles. The third kappa shape index (κ3) is 2.70. The molecule has 3 nitrogen and oxygen atoms in total. The van der Waals surface area contributed by atoms with Gasteiger partial charge < -0.3 is 5.32 Å². The fourth-order valence-corrected chi connectivity index (χ4v) is 1.86. The first-order valence-corrected chi connectivity index (χ1v) is 6.24. The van der Waals surface area contributed by atoms with Gasteiger partial charge in [-0.25, -0.2) is 23.1 Å². The minimum atomic E-state index is -0.903. The molecule has 0 unspecified atom stereocenters. The Morgan fingerprint density at radius 3 is 2.63 bits per heavy atom. The lowest BCUT2D eigenvalue weighted by Crippen LogP contribution is -2.05. The summed E-state index contributed by atoms with van der Waals surface area (Å²) in [5, 5.41) is 2.75. The van der Waals surface area contributed by atoms with E-state index in [9.17, 15) is 13.2 Å². The van der Waals surface area contributed by atoms with Gasteiger partial charge in [-0.1, -0.05) is 0 Å². The van der Waals surface area contributed by atoms with Crippen molar-refractivity contribution in [1.82, 2.24) is 9.97 Å². The molecule has 100 valence electrons. The molecule has 1 heterocycles. The molecule has 2 aromatic rings. The molecule has 0 bridgehead atoms. The minimum absolute atomic E-state index is 0.0342. The largest absolute Gasteiger partial charge is 0.354 e. The van der Waals surface area contributed by atoms with Crippen molar-refractivity contribution in [2.75, 3.05) is 11.9 Å². The van der Waals surface area contributed by atoms with Crippen LogP contribution in [-0.2, 0) is 0 Å². The lowest BCUT2D eigenvalue weighted by molar-refractivity contribution is 0.574. The first-order chi connectivity index (χ1) is 9.04. The second-order valence-corrected chi connectivity index (χ2v) is 4.49. The van der Waals surface area contributed by atoms with Gasteiger partial charge in [0.25, 0.3) is 0 Å². The summed E-state index contributed by atoms with van der Waals surface area (Å²) in [4.78, 5) is 7.48. The Kier molecular flexibility index (Phi) is 4.04. The van der Waals surface area contributed by atoms with Crippen LogP contribution in [0, 0.1) is 17.5 Å². The van der Waals surface area contributed by atoms with E-state index in [0.29, 0.717) is 6.54 Å². The van der Waals surface area contributed by atoms with Crippen LogP contribution in [0.4, 0.5) is 19.1 Å². The van der Waals surface area contributed by atoms with Crippen LogP contribution in [0.1, 0.15) is 6.92 Å². The van der Waals surface area contributed by atoms with E-state index in [0.717, 1.165) is 12.3 Å². The second-order valence-electron chi connectivity index (χ2n) is 3.64. The number of nitrogens with zero attached hydrogens (tertiary/aromatic N) is 2. The van der Waals surface area contributed by atoms with E-state index < -0.39 is 28.7 Å². The fraction of sp³-hybridized carbons (Fsp3) is 0.167. The third-order valence-electron chi connectivity index (χ3n) is 2.36. The quantitative estimate of drug-likeness (QED) is 0.870. The number of halogens is 4. The van der Waals surface area contributed by atoms with Gasteiger partial charge in [0.1, 0.15) is 17.3 Å². The molecule has 2 rings (SSSR count). The molecule has 19 heavy (non-hydrogen) atoms. The van der Waals surface area contributed by atoms with Gasteiger partial charge in [-0.05, 0) is 35.0 Å². The van der Waals surface area contributed by atoms with E-state index in [1.54, 1.807) is 6.92 Å². The zero-order valence-electron chi connectivity index (χ0n) is 9.85. The van der Waals surface area contributed by atoms with Gasteiger partial charge in [-0.3, -0.25) is 0 Å². The normalized spacial score (nSPS) is 10.6. The summed E-state index contributed by atoms with van der Waals surface area (Å²) in [7, 11) is 0. The highest BCUT2D eigenvalue weighted by Crippen LogP contribution is 2.31. The Hall–Kier alpha value is -1.63. The topological polar surface area (TPSA) is 37.8 Å². The van der Waals surface area contributed by atoms with Crippen molar-refractivity contribution < 1.29 is 13.2 Å². The van der Waals surface area contributed by atoms with E-state index in [1.165, 1.54) is 6.07 Å². The summed E-state index contributed by atoms with van der Waals surface area (Å²) in [6.07, 6.45) is 0.875. The number of aromatic nitrogens is 2. The zero-order valence-corrected chi connectivity index (χ0v) is 11.4. The molecule has 0 fully saturated rings. The number of rotatable bonds is 3. The van der Waals surface area contributed by atoms with Crippen molar-refractivity contribution >= 4 is 21.9 Å². The van der Waals surface area contributed by atoms with E-state index in [4.69, 9.17) is 0 Å². The highest BCUT2D eigenvalue weighted by molar-refractivity contribution is 9.10. The van der Waals surface area contributed by atoms with Gasteiger partial charge in [0, 0.05) is 6.54 Å². The first-order valence-electron chi connectivity index (χ1n) is 5.44. The fourth-order valence-electron chi connectivity index (χ4n) is 1.53. The zero-order chi connectivity index (χ0) is 14.0. The maximum atomic E-state index is 13.9. The Morgan fingerprint density at radius 2 is 1.95 bits per heavy atom.